The average Bonchev–Trinajstić information content (AvgIpc) is 2.34. The van der Waals surface area contributed by atoms with Crippen LogP contribution in [0.4, 0.5) is 0 Å². The molecule has 0 aromatic heterocycles. The summed E-state index contributed by atoms with van der Waals surface area (Å²) >= 11 is 0. The molecule has 0 saturated carbocycles. The fraction of sp³-hybridized carbons (Fsp3) is 0.385. The van der Waals surface area contributed by atoms with Crippen LogP contribution in [0.5, 0.6) is 0 Å². The molecule has 5 heteroatoms. The van der Waals surface area contributed by atoms with Gasteiger partial charge in [0.1, 0.15) is 6.61 Å². The maximum Gasteiger partial charge on any atom is 1.00 e. The Morgan fingerprint density at radius 3 is 2.56 bits per heavy atom. The van der Waals surface area contributed by atoms with Gasteiger partial charge in [-0.05, 0) is 31.7 Å². The number of oxime groups is 1. The number of carbonyl (C=O) groups excluding carboxylic acids is 1. The van der Waals surface area contributed by atoms with Gasteiger partial charge in [0.25, 0.3) is 0 Å². The summed E-state index contributed by atoms with van der Waals surface area (Å²) in [4.78, 5) is 15.1. The van der Waals surface area contributed by atoms with Crippen molar-refractivity contribution >= 4 is 11.7 Å². The molecule has 0 unspecified atom stereocenters. The van der Waals surface area contributed by atoms with Crippen molar-refractivity contribution < 1.29 is 44.3 Å². The summed E-state index contributed by atoms with van der Waals surface area (Å²) in [5.41, 5.74) is 1.16. The zero-order valence-corrected chi connectivity index (χ0v) is 12.9. The first kappa shape index (κ1) is 17.2. The Labute approximate surface area is 129 Å². The summed E-state index contributed by atoms with van der Waals surface area (Å²) in [5.74, 6) is -1.30. The summed E-state index contributed by atoms with van der Waals surface area (Å²) in [6.45, 7) is 1.77. The van der Waals surface area contributed by atoms with E-state index in [1.165, 1.54) is 12.5 Å². The quantitative estimate of drug-likeness (QED) is 0.249. The molecule has 1 aromatic carbocycles. The molecule has 0 aliphatic rings. The van der Waals surface area contributed by atoms with Crippen LogP contribution in [0.2, 0.25) is 0 Å². The van der Waals surface area contributed by atoms with E-state index < -0.39 is 5.97 Å². The first-order valence-electron chi connectivity index (χ1n) is 5.62. The van der Waals surface area contributed by atoms with Gasteiger partial charge in [0.05, 0.1) is 11.7 Å². The molecule has 0 bridgehead atoms. The van der Waals surface area contributed by atoms with Gasteiger partial charge < -0.3 is 14.7 Å². The van der Waals surface area contributed by atoms with E-state index in [4.69, 9.17) is 4.84 Å². The summed E-state index contributed by atoms with van der Waals surface area (Å²) < 4.78 is 0. The molecule has 0 N–H and O–H groups in total. The topological polar surface area (TPSA) is 61.7 Å². The minimum absolute atomic E-state index is 0. The Kier molecular flexibility index (Phi) is 9.64. The first-order valence-corrected chi connectivity index (χ1v) is 5.62. The predicted molar refractivity (Wildman–Crippen MR) is 63.4 cm³/mol. The number of hydrogen-bond donors (Lipinski definition) is 0. The number of nitrogens with zero attached hydrogens (tertiary/aromatic N) is 1. The molecule has 92 valence electrons. The third-order valence-electron chi connectivity index (χ3n) is 2.29. The number of aryl methyl sites for hydroxylation is 1. The Bertz CT molecular complexity index is 379. The Morgan fingerprint density at radius 1 is 1.28 bits per heavy atom. The van der Waals surface area contributed by atoms with E-state index in [0.717, 1.165) is 19.3 Å². The molecule has 0 heterocycles. The first-order chi connectivity index (χ1) is 8.20. The van der Waals surface area contributed by atoms with Crippen LogP contribution in [0.3, 0.4) is 0 Å². The molecule has 0 spiro atoms. The van der Waals surface area contributed by atoms with E-state index in [1.807, 2.05) is 18.2 Å². The molecule has 18 heavy (non-hydrogen) atoms. The number of carboxylic acid groups (broad SMARTS) is 1. The molecule has 1 rings (SSSR count). The summed E-state index contributed by atoms with van der Waals surface area (Å²) in [6.07, 6.45) is 2.83. The maximum atomic E-state index is 10.3. The van der Waals surface area contributed by atoms with Gasteiger partial charge in [-0.15, -0.1) is 0 Å². The van der Waals surface area contributed by atoms with Crippen LogP contribution in [-0.2, 0) is 16.1 Å². The molecule has 0 aliphatic heterocycles. The van der Waals surface area contributed by atoms with Crippen LogP contribution in [0.1, 0.15) is 25.3 Å². The number of carboxylic acids is 1. The van der Waals surface area contributed by atoms with Crippen molar-refractivity contribution in [2.24, 2.45) is 5.16 Å². The SMILES string of the molecule is CC(=NOCCCCc1ccccc1)C(=O)[O-].[Na+]. The molecule has 0 fully saturated rings. The van der Waals surface area contributed by atoms with Gasteiger partial charge in [-0.2, -0.15) is 0 Å². The molecular weight excluding hydrogens is 241 g/mol. The molecule has 0 saturated heterocycles. The second kappa shape index (κ2) is 10.1. The molecule has 4 nitrogen and oxygen atoms in total. The molecule has 0 atom stereocenters. The molecule has 1 aromatic rings. The third kappa shape index (κ3) is 7.48. The van der Waals surface area contributed by atoms with E-state index >= 15 is 0 Å². The second-order valence-electron chi connectivity index (χ2n) is 3.74. The summed E-state index contributed by atoms with van der Waals surface area (Å²) in [6, 6.07) is 10.2. The van der Waals surface area contributed by atoms with Gasteiger partial charge in [-0.1, -0.05) is 35.5 Å². The van der Waals surface area contributed by atoms with Gasteiger partial charge in [0.2, 0.25) is 0 Å². The minimum Gasteiger partial charge on any atom is -0.543 e. The molecule has 0 aliphatic carbocycles. The molecule has 0 radical (unpaired) electrons. The summed E-state index contributed by atoms with van der Waals surface area (Å²) in [5, 5.41) is 13.7. The Hall–Kier alpha value is -0.840. The average molecular weight is 257 g/mol. The van der Waals surface area contributed by atoms with Crippen molar-refractivity contribution in [2.75, 3.05) is 6.61 Å². The zero-order valence-electron chi connectivity index (χ0n) is 10.9. The van der Waals surface area contributed by atoms with Crippen LogP contribution < -0.4 is 34.7 Å². The van der Waals surface area contributed by atoms with Crippen LogP contribution >= 0.6 is 0 Å². The van der Waals surface area contributed by atoms with E-state index in [0.29, 0.717) is 6.61 Å². The van der Waals surface area contributed by atoms with E-state index in [9.17, 15) is 9.90 Å². The summed E-state index contributed by atoms with van der Waals surface area (Å²) in [7, 11) is 0. The number of hydrogen-bond acceptors (Lipinski definition) is 4. The monoisotopic (exact) mass is 257 g/mol. The van der Waals surface area contributed by atoms with Crippen molar-refractivity contribution in [3.05, 3.63) is 35.9 Å². The standard InChI is InChI=1S/C13H17NO3.Na/c1-11(13(15)16)14-17-10-6-5-9-12-7-3-2-4-8-12;/h2-4,7-8H,5-6,9-10H2,1H3,(H,15,16);/q;+1/p-1. The van der Waals surface area contributed by atoms with Crippen molar-refractivity contribution in [1.29, 1.82) is 0 Å². The van der Waals surface area contributed by atoms with Gasteiger partial charge in [-0.25, -0.2) is 0 Å². The van der Waals surface area contributed by atoms with Crippen molar-refractivity contribution in [2.45, 2.75) is 26.2 Å². The van der Waals surface area contributed by atoms with E-state index in [1.54, 1.807) is 0 Å². The van der Waals surface area contributed by atoms with E-state index in [2.05, 4.69) is 17.3 Å². The molecular formula is C13H16NNaO3. The number of unbranched alkanes of at least 4 members (excludes halogenated alkanes) is 1. The number of benzene rings is 1. The molecule has 0 amide bonds. The Morgan fingerprint density at radius 2 is 1.94 bits per heavy atom. The fourth-order valence-corrected chi connectivity index (χ4v) is 1.32. The van der Waals surface area contributed by atoms with Crippen molar-refractivity contribution in [3.63, 3.8) is 0 Å². The van der Waals surface area contributed by atoms with Gasteiger partial charge in [0.15, 0.2) is 0 Å². The third-order valence-corrected chi connectivity index (χ3v) is 2.29. The maximum absolute atomic E-state index is 10.3. The van der Waals surface area contributed by atoms with Gasteiger partial charge >= 0.3 is 29.6 Å². The zero-order chi connectivity index (χ0) is 12.5. The normalized spacial score (nSPS) is 10.6. The van der Waals surface area contributed by atoms with Crippen LogP contribution in [-0.4, -0.2) is 18.3 Å². The van der Waals surface area contributed by atoms with Crippen molar-refractivity contribution in [1.82, 2.24) is 0 Å². The van der Waals surface area contributed by atoms with Gasteiger partial charge in [-0.3, -0.25) is 0 Å². The Balaban J connectivity index is 0.00000289. The minimum atomic E-state index is -1.30. The van der Waals surface area contributed by atoms with Crippen LogP contribution in [0, 0.1) is 0 Å². The smallest absolute Gasteiger partial charge is 0.543 e. The van der Waals surface area contributed by atoms with E-state index in [-0.39, 0.29) is 35.3 Å². The van der Waals surface area contributed by atoms with Gasteiger partial charge in [0, 0.05) is 0 Å². The number of aliphatic carboxylic acids is 1. The number of carbonyl (C=O) groups is 1. The van der Waals surface area contributed by atoms with Crippen LogP contribution in [0.15, 0.2) is 35.5 Å². The fourth-order valence-electron chi connectivity index (χ4n) is 1.32. The van der Waals surface area contributed by atoms with Crippen LogP contribution in [0.25, 0.3) is 0 Å². The largest absolute Gasteiger partial charge is 1.00 e. The predicted octanol–water partition coefficient (Wildman–Crippen LogP) is -1.84. The number of rotatable bonds is 7. The second-order valence-corrected chi connectivity index (χ2v) is 3.74. The van der Waals surface area contributed by atoms with Crippen molar-refractivity contribution in [3.8, 4) is 0 Å².